The number of hydrogen-bond donors (Lipinski definition) is 0. The topological polar surface area (TPSA) is 69.4 Å². The molecule has 0 saturated carbocycles. The Morgan fingerprint density at radius 2 is 1.93 bits per heavy atom. The molecular weight excluding hydrogens is 392 g/mol. The Morgan fingerprint density at radius 3 is 2.52 bits per heavy atom. The smallest absolute Gasteiger partial charge is 0.260 e. The van der Waals surface area contributed by atoms with Crippen molar-refractivity contribution in [2.75, 3.05) is 27.7 Å². The Morgan fingerprint density at radius 1 is 1.24 bits per heavy atom. The molecule has 0 unspecified atom stereocenters. The van der Waals surface area contributed by atoms with Gasteiger partial charge in [0.2, 0.25) is 5.91 Å². The summed E-state index contributed by atoms with van der Waals surface area (Å²) in [6, 6.07) is 10.2. The number of nitrogens with zero attached hydrogens (tertiary/aromatic N) is 4. The molecule has 3 rings (SSSR count). The number of amides is 2. The molecule has 7 nitrogen and oxygen atoms in total. The van der Waals surface area contributed by atoms with E-state index in [0.29, 0.717) is 17.2 Å². The van der Waals surface area contributed by atoms with E-state index in [4.69, 9.17) is 16.0 Å². The molecule has 0 fully saturated rings. The third-order valence-electron chi connectivity index (χ3n) is 5.09. The number of furan rings is 1. The van der Waals surface area contributed by atoms with Crippen LogP contribution in [0.3, 0.4) is 0 Å². The Balaban J connectivity index is 1.84. The van der Waals surface area contributed by atoms with E-state index < -0.39 is 6.04 Å². The molecular formula is C21H25ClN4O3. The van der Waals surface area contributed by atoms with Crippen molar-refractivity contribution in [1.29, 1.82) is 0 Å². The number of rotatable bonds is 6. The van der Waals surface area contributed by atoms with Gasteiger partial charge in [0.1, 0.15) is 11.8 Å². The third kappa shape index (κ3) is 4.68. The van der Waals surface area contributed by atoms with Crippen LogP contribution in [-0.4, -0.2) is 66.1 Å². The van der Waals surface area contributed by atoms with Crippen LogP contribution in [0.15, 0.2) is 52.2 Å². The summed E-state index contributed by atoms with van der Waals surface area (Å²) >= 11 is 5.99. The Labute approximate surface area is 175 Å². The van der Waals surface area contributed by atoms with Gasteiger partial charge in [0.15, 0.2) is 0 Å². The van der Waals surface area contributed by atoms with Crippen LogP contribution in [0.4, 0.5) is 0 Å². The zero-order chi connectivity index (χ0) is 21.1. The van der Waals surface area contributed by atoms with Gasteiger partial charge in [-0.1, -0.05) is 23.7 Å². The van der Waals surface area contributed by atoms with Gasteiger partial charge in [-0.2, -0.15) is 5.10 Å². The summed E-state index contributed by atoms with van der Waals surface area (Å²) in [5.74, 6) is 0.413. The second-order valence-corrected chi connectivity index (χ2v) is 7.79. The molecule has 0 N–H and O–H groups in total. The minimum atomic E-state index is -0.523. The first-order chi connectivity index (χ1) is 13.8. The molecule has 0 saturated heterocycles. The Bertz CT molecular complexity index is 893. The number of likely N-dealkylation sites (N-methyl/N-ethyl adjacent to an activating group) is 2. The predicted molar refractivity (Wildman–Crippen MR) is 112 cm³/mol. The summed E-state index contributed by atoms with van der Waals surface area (Å²) in [5.41, 5.74) is 1.70. The first kappa shape index (κ1) is 21.1. The lowest BCUT2D eigenvalue weighted by Gasteiger charge is -2.29. The van der Waals surface area contributed by atoms with E-state index in [0.717, 1.165) is 11.3 Å². The molecule has 2 atom stereocenters. The standard InChI is InChI=1S/C21H25ClN4O3/c1-14(25(4)13-20(27)24(2)3)21(28)26-18(19-6-5-11-29-19)12-17(23-26)15-7-9-16(22)10-8-15/h5-11,14,18H,12-13H2,1-4H3/t14-,18-/m1/s1. The van der Waals surface area contributed by atoms with Crippen LogP contribution < -0.4 is 0 Å². The van der Waals surface area contributed by atoms with Crippen molar-refractivity contribution in [2.24, 2.45) is 5.10 Å². The molecule has 1 aromatic heterocycles. The second-order valence-electron chi connectivity index (χ2n) is 7.35. The van der Waals surface area contributed by atoms with E-state index >= 15 is 0 Å². The molecule has 1 aliphatic heterocycles. The summed E-state index contributed by atoms with van der Waals surface area (Å²) in [7, 11) is 5.14. The van der Waals surface area contributed by atoms with E-state index in [-0.39, 0.29) is 24.4 Å². The fourth-order valence-corrected chi connectivity index (χ4v) is 3.23. The lowest BCUT2D eigenvalue weighted by Crippen LogP contribution is -2.47. The lowest BCUT2D eigenvalue weighted by atomic mass is 10.0. The molecule has 0 spiro atoms. The van der Waals surface area contributed by atoms with E-state index in [1.165, 1.54) is 9.91 Å². The summed E-state index contributed by atoms with van der Waals surface area (Å²) in [5, 5.41) is 6.74. The van der Waals surface area contributed by atoms with Crippen molar-refractivity contribution in [3.05, 3.63) is 59.0 Å². The largest absolute Gasteiger partial charge is 0.467 e. The molecule has 0 radical (unpaired) electrons. The molecule has 2 aromatic rings. The normalized spacial score (nSPS) is 17.4. The maximum absolute atomic E-state index is 13.3. The average molecular weight is 417 g/mol. The van der Waals surface area contributed by atoms with E-state index in [1.807, 2.05) is 18.2 Å². The van der Waals surface area contributed by atoms with Crippen LogP contribution in [0.2, 0.25) is 5.02 Å². The van der Waals surface area contributed by atoms with Crippen molar-refractivity contribution in [1.82, 2.24) is 14.8 Å². The molecule has 29 heavy (non-hydrogen) atoms. The average Bonchev–Trinajstić information content (AvgIpc) is 3.36. The van der Waals surface area contributed by atoms with Crippen LogP contribution in [0, 0.1) is 0 Å². The predicted octanol–water partition coefficient (Wildman–Crippen LogP) is 3.02. The first-order valence-corrected chi connectivity index (χ1v) is 9.76. The maximum atomic E-state index is 13.3. The van der Waals surface area contributed by atoms with Crippen LogP contribution in [0.25, 0.3) is 0 Å². The van der Waals surface area contributed by atoms with Crippen molar-refractivity contribution in [2.45, 2.75) is 25.4 Å². The van der Waals surface area contributed by atoms with Crippen molar-refractivity contribution in [3.8, 4) is 0 Å². The highest BCUT2D eigenvalue weighted by Gasteiger charge is 2.37. The van der Waals surface area contributed by atoms with Gasteiger partial charge in [0, 0.05) is 25.5 Å². The molecule has 1 aromatic carbocycles. The summed E-state index contributed by atoms with van der Waals surface area (Å²) in [6.07, 6.45) is 2.12. The van der Waals surface area contributed by atoms with Gasteiger partial charge < -0.3 is 9.32 Å². The highest BCUT2D eigenvalue weighted by atomic mass is 35.5. The highest BCUT2D eigenvalue weighted by molar-refractivity contribution is 6.30. The van der Waals surface area contributed by atoms with Crippen LogP contribution in [-0.2, 0) is 9.59 Å². The highest BCUT2D eigenvalue weighted by Crippen LogP contribution is 2.34. The quantitative estimate of drug-likeness (QED) is 0.725. The monoisotopic (exact) mass is 416 g/mol. The number of hydrogen-bond acceptors (Lipinski definition) is 5. The minimum absolute atomic E-state index is 0.0680. The molecule has 0 bridgehead atoms. The zero-order valence-corrected chi connectivity index (χ0v) is 17.8. The van der Waals surface area contributed by atoms with Crippen LogP contribution in [0.5, 0.6) is 0 Å². The Kier molecular flexibility index (Phi) is 6.39. The van der Waals surface area contributed by atoms with Crippen molar-refractivity contribution in [3.63, 3.8) is 0 Å². The fraction of sp³-hybridized carbons (Fsp3) is 0.381. The lowest BCUT2D eigenvalue weighted by molar-refractivity contribution is -0.139. The number of carbonyl (C=O) groups excluding carboxylic acids is 2. The minimum Gasteiger partial charge on any atom is -0.467 e. The number of carbonyl (C=O) groups is 2. The number of halogens is 1. The maximum Gasteiger partial charge on any atom is 0.260 e. The summed E-state index contributed by atoms with van der Waals surface area (Å²) < 4.78 is 5.57. The second kappa shape index (κ2) is 8.80. The molecule has 154 valence electrons. The fourth-order valence-electron chi connectivity index (χ4n) is 3.10. The molecule has 2 heterocycles. The molecule has 1 aliphatic rings. The molecule has 2 amide bonds. The van der Waals surface area contributed by atoms with E-state index in [9.17, 15) is 9.59 Å². The van der Waals surface area contributed by atoms with Crippen molar-refractivity contribution < 1.29 is 14.0 Å². The van der Waals surface area contributed by atoms with Gasteiger partial charge in [-0.05, 0) is 43.8 Å². The van der Waals surface area contributed by atoms with Gasteiger partial charge >= 0.3 is 0 Å². The van der Waals surface area contributed by atoms with Crippen LogP contribution >= 0.6 is 11.6 Å². The molecule has 8 heteroatoms. The van der Waals surface area contributed by atoms with Gasteiger partial charge in [-0.25, -0.2) is 5.01 Å². The van der Waals surface area contributed by atoms with Gasteiger partial charge in [0.05, 0.1) is 24.6 Å². The van der Waals surface area contributed by atoms with Gasteiger partial charge in [0.25, 0.3) is 5.91 Å². The van der Waals surface area contributed by atoms with Crippen LogP contribution in [0.1, 0.15) is 30.7 Å². The van der Waals surface area contributed by atoms with Gasteiger partial charge in [-0.3, -0.25) is 14.5 Å². The number of hydrazone groups is 1. The number of benzene rings is 1. The van der Waals surface area contributed by atoms with Gasteiger partial charge in [-0.15, -0.1) is 0 Å². The van der Waals surface area contributed by atoms with E-state index in [1.54, 1.807) is 57.4 Å². The third-order valence-corrected chi connectivity index (χ3v) is 5.34. The molecule has 0 aliphatic carbocycles. The first-order valence-electron chi connectivity index (χ1n) is 9.38. The summed E-state index contributed by atoms with van der Waals surface area (Å²) in [4.78, 5) is 28.5. The summed E-state index contributed by atoms with van der Waals surface area (Å²) in [6.45, 7) is 1.92. The van der Waals surface area contributed by atoms with E-state index in [2.05, 4.69) is 5.10 Å². The van der Waals surface area contributed by atoms with Crippen molar-refractivity contribution >= 4 is 29.1 Å². The Hall–Kier alpha value is -2.64. The zero-order valence-electron chi connectivity index (χ0n) is 17.0. The SMILES string of the molecule is C[C@H](C(=O)N1N=C(c2ccc(Cl)cc2)C[C@@H]1c1ccco1)N(C)CC(=O)N(C)C.